The number of carbonyl (C=O) groups excluding carboxylic acids is 2. The molecular weight excluding hydrogens is 485 g/mol. The quantitative estimate of drug-likeness (QED) is 0.222. The second-order valence-corrected chi connectivity index (χ2v) is 9.71. The second kappa shape index (κ2) is 12.5. The van der Waals surface area contributed by atoms with E-state index in [1.807, 2.05) is 50.2 Å². The van der Waals surface area contributed by atoms with Gasteiger partial charge < -0.3 is 30.8 Å². The number of nitrogens with one attached hydrogen (secondary N) is 2. The highest BCUT2D eigenvalue weighted by Crippen LogP contribution is 2.35. The molecule has 2 amide bonds. The van der Waals surface area contributed by atoms with Crippen LogP contribution in [0.3, 0.4) is 0 Å². The molecule has 0 aliphatic carbocycles. The number of rotatable bonds is 11. The summed E-state index contributed by atoms with van der Waals surface area (Å²) in [7, 11) is -0.762. The Morgan fingerprint density at radius 1 is 1.00 bits per heavy atom. The van der Waals surface area contributed by atoms with Crippen molar-refractivity contribution in [2.75, 3.05) is 0 Å². The van der Waals surface area contributed by atoms with Crippen LogP contribution in [-0.2, 0) is 17.6 Å². The maximum Gasteiger partial charge on any atom is 0.618 e. The molecule has 0 saturated heterocycles. The van der Waals surface area contributed by atoms with Crippen LogP contribution < -0.4 is 25.7 Å². The average Bonchev–Trinajstić information content (AvgIpc) is 3.32. The molecule has 0 radical (unpaired) electrons. The Morgan fingerprint density at radius 3 is 2.45 bits per heavy atom. The lowest BCUT2D eigenvalue weighted by atomic mass is 9.74. The number of benzene rings is 2. The van der Waals surface area contributed by atoms with Crippen LogP contribution in [0.4, 0.5) is 0 Å². The largest absolute Gasteiger partial charge is 0.618 e. The van der Waals surface area contributed by atoms with Crippen molar-refractivity contribution >= 4 is 18.9 Å². The summed E-state index contributed by atoms with van der Waals surface area (Å²) in [6, 6.07) is 13.9. The van der Waals surface area contributed by atoms with Gasteiger partial charge in [0.05, 0.1) is 12.1 Å². The van der Waals surface area contributed by atoms with Gasteiger partial charge in [-0.05, 0) is 35.6 Å². The fourth-order valence-electron chi connectivity index (χ4n) is 4.29. The minimum absolute atomic E-state index is 0.119. The SMILES string of the molecule is CC(C)C[C@H](NC(=O)[C@H](Cc1ccccc1)NC(=O)c1cnccn1)B1Oc2ccc(CC(N)O)cc2O1. The predicted octanol–water partition coefficient (Wildman–Crippen LogP) is 1.67. The number of hydrogen-bond donors (Lipinski definition) is 4. The fourth-order valence-corrected chi connectivity index (χ4v) is 4.29. The molecule has 1 aromatic heterocycles. The molecule has 2 heterocycles. The van der Waals surface area contributed by atoms with Crippen LogP contribution in [-0.4, -0.2) is 52.2 Å². The molecule has 2 aromatic carbocycles. The zero-order valence-corrected chi connectivity index (χ0v) is 21.4. The lowest BCUT2D eigenvalue weighted by Gasteiger charge is -2.25. The summed E-state index contributed by atoms with van der Waals surface area (Å²) in [5.41, 5.74) is 7.33. The van der Waals surface area contributed by atoms with Gasteiger partial charge in [-0.1, -0.05) is 50.2 Å². The molecule has 5 N–H and O–H groups in total. The fraction of sp³-hybridized carbons (Fsp3) is 0.333. The maximum absolute atomic E-state index is 13.6. The topological polar surface area (TPSA) is 149 Å². The molecule has 11 heteroatoms. The van der Waals surface area contributed by atoms with Crippen LogP contribution in [0.25, 0.3) is 0 Å². The van der Waals surface area contributed by atoms with Crippen molar-refractivity contribution < 1.29 is 24.0 Å². The summed E-state index contributed by atoms with van der Waals surface area (Å²) in [6.07, 6.45) is 4.41. The monoisotopic (exact) mass is 517 g/mol. The van der Waals surface area contributed by atoms with Crippen LogP contribution in [0.2, 0.25) is 0 Å². The summed E-state index contributed by atoms with van der Waals surface area (Å²) < 4.78 is 12.1. The summed E-state index contributed by atoms with van der Waals surface area (Å²) in [4.78, 5) is 34.4. The number of fused-ring (bicyclic) bond motifs is 1. The van der Waals surface area contributed by atoms with E-state index in [1.54, 1.807) is 12.1 Å². The molecule has 0 spiro atoms. The van der Waals surface area contributed by atoms with Gasteiger partial charge in [0.25, 0.3) is 5.91 Å². The number of aromatic nitrogens is 2. The molecule has 1 unspecified atom stereocenters. The Balaban J connectivity index is 1.51. The van der Waals surface area contributed by atoms with E-state index in [4.69, 9.17) is 15.0 Å². The minimum atomic E-state index is -0.974. The predicted molar refractivity (Wildman–Crippen MR) is 142 cm³/mol. The summed E-state index contributed by atoms with van der Waals surface area (Å²) >= 11 is 0. The minimum Gasteiger partial charge on any atom is -0.522 e. The van der Waals surface area contributed by atoms with E-state index in [-0.39, 0.29) is 30.4 Å². The number of amides is 2. The Bertz CT molecular complexity index is 1230. The number of hydrogen-bond acceptors (Lipinski definition) is 8. The van der Waals surface area contributed by atoms with E-state index in [0.717, 1.165) is 11.1 Å². The van der Waals surface area contributed by atoms with Gasteiger partial charge in [-0.15, -0.1) is 0 Å². The van der Waals surface area contributed by atoms with E-state index in [2.05, 4.69) is 20.6 Å². The highest BCUT2D eigenvalue weighted by atomic mass is 16.6. The van der Waals surface area contributed by atoms with Gasteiger partial charge in [-0.3, -0.25) is 14.6 Å². The Hall–Kier alpha value is -3.96. The van der Waals surface area contributed by atoms with Crippen molar-refractivity contribution in [2.45, 2.75) is 51.3 Å². The molecule has 0 saturated carbocycles. The Labute approximate surface area is 222 Å². The molecule has 3 aromatic rings. The van der Waals surface area contributed by atoms with Crippen LogP contribution in [0, 0.1) is 5.92 Å². The average molecular weight is 517 g/mol. The molecule has 3 atom stereocenters. The molecule has 4 rings (SSSR count). The van der Waals surface area contributed by atoms with E-state index < -0.39 is 31.2 Å². The van der Waals surface area contributed by atoms with Crippen LogP contribution in [0.15, 0.2) is 67.1 Å². The van der Waals surface area contributed by atoms with Crippen molar-refractivity contribution in [3.05, 3.63) is 83.9 Å². The van der Waals surface area contributed by atoms with Crippen molar-refractivity contribution in [1.82, 2.24) is 20.6 Å². The van der Waals surface area contributed by atoms with Gasteiger partial charge in [0.15, 0.2) is 0 Å². The number of aliphatic hydroxyl groups excluding tert-OH is 1. The first-order chi connectivity index (χ1) is 18.3. The molecule has 10 nitrogen and oxygen atoms in total. The van der Waals surface area contributed by atoms with Crippen LogP contribution in [0.1, 0.15) is 41.9 Å². The van der Waals surface area contributed by atoms with Gasteiger partial charge in [-0.2, -0.15) is 0 Å². The maximum atomic E-state index is 13.6. The van der Waals surface area contributed by atoms with Crippen molar-refractivity contribution in [3.8, 4) is 11.5 Å². The van der Waals surface area contributed by atoms with Crippen molar-refractivity contribution in [1.29, 1.82) is 0 Å². The molecule has 0 fully saturated rings. The Morgan fingerprint density at radius 2 is 1.76 bits per heavy atom. The molecule has 1 aliphatic rings. The number of carbonyl (C=O) groups is 2. The van der Waals surface area contributed by atoms with E-state index in [0.29, 0.717) is 17.9 Å². The second-order valence-electron chi connectivity index (χ2n) is 9.71. The van der Waals surface area contributed by atoms with Gasteiger partial charge in [0.1, 0.15) is 29.5 Å². The molecular formula is C27H32BN5O5. The van der Waals surface area contributed by atoms with Crippen LogP contribution in [0.5, 0.6) is 11.5 Å². The Kier molecular flexibility index (Phi) is 8.93. The zero-order chi connectivity index (χ0) is 27.1. The first-order valence-corrected chi connectivity index (χ1v) is 12.6. The van der Waals surface area contributed by atoms with Crippen molar-refractivity contribution in [2.24, 2.45) is 11.7 Å². The van der Waals surface area contributed by atoms with Gasteiger partial charge >= 0.3 is 7.12 Å². The normalized spacial score (nSPS) is 14.6. The van der Waals surface area contributed by atoms with E-state index in [1.165, 1.54) is 18.6 Å². The summed E-state index contributed by atoms with van der Waals surface area (Å²) in [6.45, 7) is 4.08. The lowest BCUT2D eigenvalue weighted by Crippen LogP contribution is -2.57. The third kappa shape index (κ3) is 7.30. The summed E-state index contributed by atoms with van der Waals surface area (Å²) in [5.74, 6) is -0.0686. The first-order valence-electron chi connectivity index (χ1n) is 12.6. The van der Waals surface area contributed by atoms with Gasteiger partial charge in [-0.25, -0.2) is 4.98 Å². The standard InChI is InChI=1S/C27H32BN5O5/c1-17(2)12-24(28-37-22-9-8-19(15-25(29)34)14-23(22)38-28)33-26(35)20(13-18-6-4-3-5-7-18)32-27(36)21-16-30-10-11-31-21/h3-11,14,16-17,20,24-25,34H,12-13,15,29H2,1-2H3,(H,32,36)(H,33,35)/t20-,24-,25?/m0/s1. The number of aliphatic hydroxyl groups is 1. The smallest absolute Gasteiger partial charge is 0.522 e. The lowest BCUT2D eigenvalue weighted by molar-refractivity contribution is -0.123. The summed E-state index contributed by atoms with van der Waals surface area (Å²) in [5, 5.41) is 15.4. The van der Waals surface area contributed by atoms with Gasteiger partial charge in [0, 0.05) is 25.2 Å². The highest BCUT2D eigenvalue weighted by molar-refractivity contribution is 6.50. The van der Waals surface area contributed by atoms with E-state index >= 15 is 0 Å². The van der Waals surface area contributed by atoms with Crippen LogP contribution >= 0.6 is 0 Å². The third-order valence-electron chi connectivity index (χ3n) is 6.02. The highest BCUT2D eigenvalue weighted by Gasteiger charge is 2.42. The number of nitrogens with two attached hydrogens (primary N) is 1. The third-order valence-corrected chi connectivity index (χ3v) is 6.02. The van der Waals surface area contributed by atoms with E-state index in [9.17, 15) is 14.7 Å². The first kappa shape index (κ1) is 27.1. The molecule has 38 heavy (non-hydrogen) atoms. The molecule has 0 bridgehead atoms. The molecule has 1 aliphatic heterocycles. The van der Waals surface area contributed by atoms with Gasteiger partial charge in [0.2, 0.25) is 5.91 Å². The number of nitrogens with zero attached hydrogens (tertiary/aromatic N) is 2. The van der Waals surface area contributed by atoms with Crippen molar-refractivity contribution in [3.63, 3.8) is 0 Å². The zero-order valence-electron chi connectivity index (χ0n) is 21.4. The molecule has 198 valence electrons.